The van der Waals surface area contributed by atoms with Gasteiger partial charge in [0.25, 0.3) is 5.91 Å². The molecule has 0 spiro atoms. The van der Waals surface area contributed by atoms with Crippen LogP contribution < -0.4 is 5.32 Å². The summed E-state index contributed by atoms with van der Waals surface area (Å²) in [5.41, 5.74) is 1.12. The van der Waals surface area contributed by atoms with E-state index in [0.717, 1.165) is 10.8 Å². The Hall–Kier alpha value is -3.34. The zero-order valence-electron chi connectivity index (χ0n) is 15.5. The van der Waals surface area contributed by atoms with Gasteiger partial charge in [-0.3, -0.25) is 9.59 Å². The normalized spacial score (nSPS) is 14.8. The summed E-state index contributed by atoms with van der Waals surface area (Å²) < 4.78 is 0. The van der Waals surface area contributed by atoms with Crippen molar-refractivity contribution in [2.75, 3.05) is 18.4 Å². The fourth-order valence-electron chi connectivity index (χ4n) is 3.74. The molecule has 142 valence electrons. The standard InChI is InChI=1S/C23H22N2O3/c26-21-11-4-3-10-20(21)24-22(27)17-12-14-25(15-13-17)23(28)19-9-5-7-16-6-1-2-8-18(16)19/h1-11,17,26H,12-15H2,(H,24,27). The van der Waals surface area contributed by atoms with Crippen molar-refractivity contribution >= 4 is 28.3 Å². The molecule has 0 unspecified atom stereocenters. The fourth-order valence-corrected chi connectivity index (χ4v) is 3.74. The van der Waals surface area contributed by atoms with Crippen LogP contribution in [0.4, 0.5) is 5.69 Å². The van der Waals surface area contributed by atoms with Crippen LogP contribution in [0.2, 0.25) is 0 Å². The fraction of sp³-hybridized carbons (Fsp3) is 0.217. The van der Waals surface area contributed by atoms with Crippen LogP contribution in [0.1, 0.15) is 23.2 Å². The molecule has 0 radical (unpaired) electrons. The SMILES string of the molecule is O=C(Nc1ccccc1O)C1CCN(C(=O)c2cccc3ccccc23)CC1. The maximum absolute atomic E-state index is 13.0. The van der Waals surface area contributed by atoms with Gasteiger partial charge in [0.2, 0.25) is 5.91 Å². The molecule has 1 aliphatic rings. The van der Waals surface area contributed by atoms with Gasteiger partial charge >= 0.3 is 0 Å². The van der Waals surface area contributed by atoms with Crippen molar-refractivity contribution in [1.29, 1.82) is 0 Å². The van der Waals surface area contributed by atoms with E-state index in [2.05, 4.69) is 5.32 Å². The summed E-state index contributed by atoms with van der Waals surface area (Å²) in [6.07, 6.45) is 1.21. The average Bonchev–Trinajstić information content (AvgIpc) is 2.74. The Labute approximate surface area is 163 Å². The van der Waals surface area contributed by atoms with Crippen LogP contribution in [0.25, 0.3) is 10.8 Å². The van der Waals surface area contributed by atoms with Crippen molar-refractivity contribution in [3.63, 3.8) is 0 Å². The van der Waals surface area contributed by atoms with E-state index in [4.69, 9.17) is 0 Å². The zero-order valence-corrected chi connectivity index (χ0v) is 15.5. The van der Waals surface area contributed by atoms with Gasteiger partial charge in [-0.15, -0.1) is 0 Å². The Morgan fingerprint density at radius 2 is 1.57 bits per heavy atom. The van der Waals surface area contributed by atoms with Gasteiger partial charge in [-0.05, 0) is 41.8 Å². The number of amides is 2. The van der Waals surface area contributed by atoms with E-state index in [-0.39, 0.29) is 23.5 Å². The monoisotopic (exact) mass is 374 g/mol. The Morgan fingerprint density at radius 1 is 0.893 bits per heavy atom. The van der Waals surface area contributed by atoms with E-state index < -0.39 is 0 Å². The van der Waals surface area contributed by atoms with E-state index in [1.54, 1.807) is 24.3 Å². The van der Waals surface area contributed by atoms with Gasteiger partial charge in [0.15, 0.2) is 0 Å². The molecule has 28 heavy (non-hydrogen) atoms. The molecular weight excluding hydrogens is 352 g/mol. The number of carbonyl (C=O) groups excluding carboxylic acids is 2. The van der Waals surface area contributed by atoms with Gasteiger partial charge in [0, 0.05) is 24.6 Å². The van der Waals surface area contributed by atoms with Gasteiger partial charge < -0.3 is 15.3 Å². The van der Waals surface area contributed by atoms with E-state index in [9.17, 15) is 14.7 Å². The molecule has 0 atom stereocenters. The number of hydrogen-bond donors (Lipinski definition) is 2. The maximum Gasteiger partial charge on any atom is 0.254 e. The van der Waals surface area contributed by atoms with Gasteiger partial charge in [-0.25, -0.2) is 0 Å². The molecule has 3 aromatic carbocycles. The number of nitrogens with zero attached hydrogens (tertiary/aromatic N) is 1. The summed E-state index contributed by atoms with van der Waals surface area (Å²) >= 11 is 0. The lowest BCUT2D eigenvalue weighted by molar-refractivity contribution is -0.121. The quantitative estimate of drug-likeness (QED) is 0.680. The third-order valence-electron chi connectivity index (χ3n) is 5.33. The highest BCUT2D eigenvalue weighted by Gasteiger charge is 2.28. The summed E-state index contributed by atoms with van der Waals surface area (Å²) in [5, 5.41) is 14.6. The number of nitrogens with one attached hydrogen (secondary N) is 1. The van der Waals surface area contributed by atoms with Crippen molar-refractivity contribution in [3.8, 4) is 5.75 Å². The molecule has 0 bridgehead atoms. The number of carbonyl (C=O) groups is 2. The maximum atomic E-state index is 13.0. The lowest BCUT2D eigenvalue weighted by Gasteiger charge is -2.31. The van der Waals surface area contributed by atoms with Crippen LogP contribution in [-0.4, -0.2) is 34.9 Å². The van der Waals surface area contributed by atoms with Crippen LogP contribution in [0.15, 0.2) is 66.7 Å². The van der Waals surface area contributed by atoms with Crippen molar-refractivity contribution in [2.45, 2.75) is 12.8 Å². The average molecular weight is 374 g/mol. The second-order valence-corrected chi connectivity index (χ2v) is 7.10. The Kier molecular flexibility index (Phi) is 4.98. The molecule has 0 saturated carbocycles. The lowest BCUT2D eigenvalue weighted by Crippen LogP contribution is -2.41. The molecule has 1 aliphatic heterocycles. The van der Waals surface area contributed by atoms with Crippen LogP contribution >= 0.6 is 0 Å². The Balaban J connectivity index is 1.42. The number of phenols is 1. The van der Waals surface area contributed by atoms with E-state index >= 15 is 0 Å². The van der Waals surface area contributed by atoms with E-state index in [1.165, 1.54) is 0 Å². The minimum absolute atomic E-state index is 0.0105. The molecule has 4 rings (SSSR count). The molecule has 2 N–H and O–H groups in total. The highest BCUT2D eigenvalue weighted by Crippen LogP contribution is 2.26. The number of anilines is 1. The first-order valence-corrected chi connectivity index (χ1v) is 9.49. The molecule has 2 amide bonds. The highest BCUT2D eigenvalue weighted by molar-refractivity contribution is 6.07. The van der Waals surface area contributed by atoms with Crippen molar-refractivity contribution in [3.05, 3.63) is 72.3 Å². The second kappa shape index (κ2) is 7.72. The molecular formula is C23H22N2O3. The van der Waals surface area contributed by atoms with Gasteiger partial charge in [-0.1, -0.05) is 48.5 Å². The Bertz CT molecular complexity index is 1020. The minimum Gasteiger partial charge on any atom is -0.506 e. The lowest BCUT2D eigenvalue weighted by atomic mass is 9.94. The van der Waals surface area contributed by atoms with Gasteiger partial charge in [0.1, 0.15) is 5.75 Å². The Morgan fingerprint density at radius 3 is 2.36 bits per heavy atom. The number of likely N-dealkylation sites (tertiary alicyclic amines) is 1. The number of phenolic OH excluding ortho intramolecular Hbond substituents is 1. The summed E-state index contributed by atoms with van der Waals surface area (Å²) in [7, 11) is 0. The predicted octanol–water partition coefficient (Wildman–Crippen LogP) is 4.04. The van der Waals surface area contributed by atoms with Crippen molar-refractivity contribution in [1.82, 2.24) is 4.90 Å². The van der Waals surface area contributed by atoms with Crippen molar-refractivity contribution < 1.29 is 14.7 Å². The molecule has 1 fully saturated rings. The predicted molar refractivity (Wildman–Crippen MR) is 109 cm³/mol. The number of hydrogen-bond acceptors (Lipinski definition) is 3. The zero-order chi connectivity index (χ0) is 19.5. The number of rotatable bonds is 3. The molecule has 1 heterocycles. The largest absolute Gasteiger partial charge is 0.506 e. The number of para-hydroxylation sites is 2. The van der Waals surface area contributed by atoms with E-state index in [0.29, 0.717) is 37.2 Å². The van der Waals surface area contributed by atoms with Crippen LogP contribution in [0.3, 0.4) is 0 Å². The second-order valence-electron chi connectivity index (χ2n) is 7.10. The first-order chi connectivity index (χ1) is 13.6. The third kappa shape index (κ3) is 3.56. The minimum atomic E-state index is -0.170. The van der Waals surface area contributed by atoms with Crippen LogP contribution in [0, 0.1) is 5.92 Å². The van der Waals surface area contributed by atoms with Crippen molar-refractivity contribution in [2.24, 2.45) is 5.92 Å². The third-order valence-corrected chi connectivity index (χ3v) is 5.33. The number of piperidine rings is 1. The summed E-state index contributed by atoms with van der Waals surface area (Å²) in [6, 6.07) is 20.3. The smallest absolute Gasteiger partial charge is 0.254 e. The molecule has 5 heteroatoms. The first kappa shape index (κ1) is 18.0. The number of benzene rings is 3. The number of fused-ring (bicyclic) bond motifs is 1. The molecule has 3 aromatic rings. The van der Waals surface area contributed by atoms with E-state index in [1.807, 2.05) is 47.4 Å². The summed E-state index contributed by atoms with van der Waals surface area (Å²) in [5.74, 6) is -0.217. The molecule has 0 aromatic heterocycles. The first-order valence-electron chi connectivity index (χ1n) is 9.49. The number of aromatic hydroxyl groups is 1. The summed E-state index contributed by atoms with van der Waals surface area (Å²) in [4.78, 5) is 27.4. The van der Waals surface area contributed by atoms with Gasteiger partial charge in [-0.2, -0.15) is 0 Å². The molecule has 0 aliphatic carbocycles. The molecule has 5 nitrogen and oxygen atoms in total. The van der Waals surface area contributed by atoms with Crippen LogP contribution in [-0.2, 0) is 4.79 Å². The topological polar surface area (TPSA) is 69.6 Å². The summed E-state index contributed by atoms with van der Waals surface area (Å²) in [6.45, 7) is 1.09. The molecule has 1 saturated heterocycles. The van der Waals surface area contributed by atoms with Gasteiger partial charge in [0.05, 0.1) is 5.69 Å². The highest BCUT2D eigenvalue weighted by atomic mass is 16.3. The van der Waals surface area contributed by atoms with Crippen LogP contribution in [0.5, 0.6) is 5.75 Å².